The van der Waals surface area contributed by atoms with Gasteiger partial charge in [-0.2, -0.15) is 0 Å². The molecule has 3 rings (SSSR count). The van der Waals surface area contributed by atoms with Gasteiger partial charge in [-0.15, -0.1) is 10.2 Å². The number of carbonyl (C=O) groups is 2. The fourth-order valence-electron chi connectivity index (χ4n) is 2.04. The van der Waals surface area contributed by atoms with E-state index >= 15 is 0 Å². The molecule has 0 saturated heterocycles. The molecular formula is C19H17ClN4O5S. The molecule has 0 bridgehead atoms. The van der Waals surface area contributed by atoms with Gasteiger partial charge in [0.25, 0.3) is 17.0 Å². The summed E-state index contributed by atoms with van der Waals surface area (Å²) in [5, 5.41) is 8.49. The lowest BCUT2D eigenvalue weighted by Gasteiger charge is -2.08. The first-order valence-corrected chi connectivity index (χ1v) is 10.0. The van der Waals surface area contributed by atoms with E-state index in [0.717, 1.165) is 11.8 Å². The standard InChI is InChI=1S/C19H17ClN4O5S/c20-13-6-8-15(9-7-13)28-11-18-23-24-19(29-18)30-12-17(26)22-21-16(25)10-27-14-4-2-1-3-5-14/h1-9H,10-12H2,(H,21,25)(H,22,26). The lowest BCUT2D eigenvalue weighted by atomic mass is 10.3. The second-order valence-electron chi connectivity index (χ2n) is 5.69. The van der Waals surface area contributed by atoms with Gasteiger partial charge >= 0.3 is 0 Å². The van der Waals surface area contributed by atoms with Gasteiger partial charge < -0.3 is 13.9 Å². The van der Waals surface area contributed by atoms with E-state index in [0.29, 0.717) is 16.5 Å². The highest BCUT2D eigenvalue weighted by Crippen LogP contribution is 2.19. The minimum absolute atomic E-state index is 0.0283. The van der Waals surface area contributed by atoms with Crippen LogP contribution >= 0.6 is 23.4 Å². The van der Waals surface area contributed by atoms with Gasteiger partial charge in [-0.1, -0.05) is 41.6 Å². The number of nitrogens with one attached hydrogen (secondary N) is 2. The molecule has 0 radical (unpaired) electrons. The van der Waals surface area contributed by atoms with E-state index in [-0.39, 0.29) is 30.1 Å². The molecule has 0 fully saturated rings. The van der Waals surface area contributed by atoms with Gasteiger partial charge in [0, 0.05) is 5.02 Å². The average molecular weight is 449 g/mol. The fourth-order valence-corrected chi connectivity index (χ4v) is 2.74. The Morgan fingerprint density at radius 1 is 0.933 bits per heavy atom. The molecule has 0 unspecified atom stereocenters. The minimum atomic E-state index is -0.489. The summed E-state index contributed by atoms with van der Waals surface area (Å²) in [5.74, 6) is 0.473. The van der Waals surface area contributed by atoms with Crippen LogP contribution in [0.3, 0.4) is 0 Å². The molecule has 2 amide bonds. The number of thioether (sulfide) groups is 1. The van der Waals surface area contributed by atoms with E-state index < -0.39 is 11.8 Å². The number of para-hydroxylation sites is 1. The van der Waals surface area contributed by atoms with E-state index in [2.05, 4.69) is 21.0 Å². The van der Waals surface area contributed by atoms with Crippen LogP contribution in [0, 0.1) is 0 Å². The van der Waals surface area contributed by atoms with Crippen molar-refractivity contribution < 1.29 is 23.5 Å². The van der Waals surface area contributed by atoms with Crippen LogP contribution in [0.5, 0.6) is 11.5 Å². The zero-order chi connectivity index (χ0) is 21.2. The Kier molecular flexibility index (Phi) is 7.93. The van der Waals surface area contributed by atoms with Crippen molar-refractivity contribution >= 4 is 35.2 Å². The van der Waals surface area contributed by atoms with Crippen LogP contribution in [0.15, 0.2) is 64.2 Å². The Labute approximate surface area is 181 Å². The number of hydrogen-bond acceptors (Lipinski definition) is 8. The fraction of sp³-hybridized carbons (Fsp3) is 0.158. The second-order valence-corrected chi connectivity index (χ2v) is 7.05. The molecule has 1 aromatic heterocycles. The number of benzene rings is 2. The molecule has 30 heavy (non-hydrogen) atoms. The first kappa shape index (κ1) is 21.5. The Balaban J connectivity index is 1.32. The number of hydrazine groups is 1. The predicted octanol–water partition coefficient (Wildman–Crippen LogP) is 2.62. The smallest absolute Gasteiger partial charge is 0.277 e. The third-order valence-corrected chi connectivity index (χ3v) is 4.48. The first-order chi connectivity index (χ1) is 14.6. The van der Waals surface area contributed by atoms with Crippen molar-refractivity contribution in [3.63, 3.8) is 0 Å². The van der Waals surface area contributed by atoms with Crippen molar-refractivity contribution in [1.29, 1.82) is 0 Å². The largest absolute Gasteiger partial charge is 0.484 e. The maximum atomic E-state index is 11.8. The van der Waals surface area contributed by atoms with Gasteiger partial charge in [0.05, 0.1) is 5.75 Å². The lowest BCUT2D eigenvalue weighted by Crippen LogP contribution is -2.44. The number of halogens is 1. The molecule has 11 heteroatoms. The van der Waals surface area contributed by atoms with Crippen LogP contribution in [0.2, 0.25) is 5.02 Å². The molecule has 0 atom stereocenters. The SMILES string of the molecule is O=C(COc1ccccc1)NNC(=O)CSc1nnc(COc2ccc(Cl)cc2)o1. The van der Waals surface area contributed by atoms with Gasteiger partial charge in [-0.05, 0) is 36.4 Å². The predicted molar refractivity (Wildman–Crippen MR) is 109 cm³/mol. The monoisotopic (exact) mass is 448 g/mol. The van der Waals surface area contributed by atoms with Crippen LogP contribution in [0.25, 0.3) is 0 Å². The van der Waals surface area contributed by atoms with Crippen molar-refractivity contribution in [3.8, 4) is 11.5 Å². The molecule has 9 nitrogen and oxygen atoms in total. The maximum Gasteiger partial charge on any atom is 0.277 e. The van der Waals surface area contributed by atoms with Gasteiger partial charge in [0.1, 0.15) is 11.5 Å². The number of nitrogens with zero attached hydrogens (tertiary/aromatic N) is 2. The average Bonchev–Trinajstić information content (AvgIpc) is 3.23. The van der Waals surface area contributed by atoms with E-state index in [9.17, 15) is 9.59 Å². The zero-order valence-corrected chi connectivity index (χ0v) is 17.1. The number of carbonyl (C=O) groups excluding carboxylic acids is 2. The summed E-state index contributed by atoms with van der Waals surface area (Å²) in [5.41, 5.74) is 4.55. The van der Waals surface area contributed by atoms with Crippen molar-refractivity contribution in [3.05, 3.63) is 65.5 Å². The summed E-state index contributed by atoms with van der Waals surface area (Å²) in [6.07, 6.45) is 0. The van der Waals surface area contributed by atoms with Crippen molar-refractivity contribution in [1.82, 2.24) is 21.0 Å². The molecule has 0 saturated carbocycles. The molecular weight excluding hydrogens is 432 g/mol. The number of hydrogen-bond donors (Lipinski definition) is 2. The number of aromatic nitrogens is 2. The normalized spacial score (nSPS) is 10.3. The first-order valence-electron chi connectivity index (χ1n) is 8.67. The minimum Gasteiger partial charge on any atom is -0.484 e. The van der Waals surface area contributed by atoms with E-state index in [1.54, 1.807) is 48.5 Å². The molecule has 2 N–H and O–H groups in total. The molecule has 156 valence electrons. The highest BCUT2D eigenvalue weighted by molar-refractivity contribution is 7.99. The van der Waals surface area contributed by atoms with Gasteiger partial charge in [0.15, 0.2) is 13.2 Å². The van der Waals surface area contributed by atoms with Crippen LogP contribution in [0.4, 0.5) is 0 Å². The third kappa shape index (κ3) is 7.30. The van der Waals surface area contributed by atoms with Crippen LogP contribution in [-0.4, -0.2) is 34.4 Å². The molecule has 2 aromatic carbocycles. The number of ether oxygens (including phenoxy) is 2. The lowest BCUT2D eigenvalue weighted by molar-refractivity contribution is -0.128. The van der Waals surface area contributed by atoms with E-state index in [4.69, 9.17) is 25.5 Å². The van der Waals surface area contributed by atoms with Crippen molar-refractivity contribution in [2.24, 2.45) is 0 Å². The highest BCUT2D eigenvalue weighted by atomic mass is 35.5. The summed E-state index contributed by atoms with van der Waals surface area (Å²) < 4.78 is 16.2. The maximum absolute atomic E-state index is 11.8. The van der Waals surface area contributed by atoms with Crippen molar-refractivity contribution in [2.45, 2.75) is 11.8 Å². The van der Waals surface area contributed by atoms with E-state index in [1.165, 1.54) is 0 Å². The molecule has 1 heterocycles. The molecule has 0 spiro atoms. The summed E-state index contributed by atoms with van der Waals surface area (Å²) >= 11 is 6.84. The van der Waals surface area contributed by atoms with Crippen LogP contribution in [0.1, 0.15) is 5.89 Å². The molecule has 0 aliphatic rings. The number of rotatable bonds is 9. The third-order valence-electron chi connectivity index (χ3n) is 3.41. The Morgan fingerprint density at radius 3 is 2.40 bits per heavy atom. The van der Waals surface area contributed by atoms with E-state index in [1.807, 2.05) is 6.07 Å². The van der Waals surface area contributed by atoms with Crippen molar-refractivity contribution in [2.75, 3.05) is 12.4 Å². The van der Waals surface area contributed by atoms with Crippen LogP contribution < -0.4 is 20.3 Å². The Bertz CT molecular complexity index is 969. The Hall–Kier alpha value is -3.24. The molecule has 3 aromatic rings. The zero-order valence-electron chi connectivity index (χ0n) is 15.5. The molecule has 0 aliphatic heterocycles. The number of amides is 2. The summed E-state index contributed by atoms with van der Waals surface area (Å²) in [6, 6.07) is 15.7. The quantitative estimate of drug-likeness (QED) is 0.379. The van der Waals surface area contributed by atoms with Gasteiger partial charge in [-0.25, -0.2) is 0 Å². The topological polar surface area (TPSA) is 116 Å². The Morgan fingerprint density at radius 2 is 1.63 bits per heavy atom. The second kappa shape index (κ2) is 11.1. The summed E-state index contributed by atoms with van der Waals surface area (Å²) in [6.45, 7) is -0.142. The summed E-state index contributed by atoms with van der Waals surface area (Å²) in [7, 11) is 0. The molecule has 0 aliphatic carbocycles. The summed E-state index contributed by atoms with van der Waals surface area (Å²) in [4.78, 5) is 23.5. The van der Waals surface area contributed by atoms with Crippen LogP contribution in [-0.2, 0) is 16.2 Å². The highest BCUT2D eigenvalue weighted by Gasteiger charge is 2.11. The van der Waals surface area contributed by atoms with Gasteiger partial charge in [0.2, 0.25) is 5.91 Å². The van der Waals surface area contributed by atoms with Gasteiger partial charge in [-0.3, -0.25) is 20.4 Å².